The Kier molecular flexibility index (Phi) is 12.9. The molecule has 0 bridgehead atoms. The molecule has 200 valence electrons. The monoisotopic (exact) mass is 512 g/mol. The van der Waals surface area contributed by atoms with Crippen molar-refractivity contribution in [1.29, 1.82) is 0 Å². The van der Waals surface area contributed by atoms with E-state index in [0.29, 0.717) is 19.0 Å². The highest BCUT2D eigenvalue weighted by atomic mass is 16.5. The van der Waals surface area contributed by atoms with Crippen molar-refractivity contribution < 1.29 is 19.4 Å². The Bertz CT molecular complexity index is 1150. The first-order chi connectivity index (χ1) is 18.6. The molecule has 0 aliphatic carbocycles. The Balaban J connectivity index is 1.28. The summed E-state index contributed by atoms with van der Waals surface area (Å²) >= 11 is 0. The number of phenols is 1. The molecule has 0 atom stereocenters. The molecule has 0 aliphatic heterocycles. The first kappa shape index (κ1) is 28.9. The zero-order valence-corrected chi connectivity index (χ0v) is 22.5. The fraction of sp³-hybridized carbons (Fsp3) is 0.324. The molecule has 0 aromatic heterocycles. The Morgan fingerprint density at radius 3 is 2.13 bits per heavy atom. The maximum Gasteiger partial charge on any atom is 0.189 e. The van der Waals surface area contributed by atoms with Gasteiger partial charge in [-0.2, -0.15) is 0 Å². The summed E-state index contributed by atoms with van der Waals surface area (Å²) in [5, 5.41) is 10.2. The largest absolute Gasteiger partial charge is 0.507 e. The van der Waals surface area contributed by atoms with Crippen LogP contribution in [0.1, 0.15) is 73.4 Å². The van der Waals surface area contributed by atoms with Gasteiger partial charge in [-0.05, 0) is 67.2 Å². The van der Waals surface area contributed by atoms with Crippen LogP contribution in [0, 0.1) is 0 Å². The van der Waals surface area contributed by atoms with Crippen LogP contribution in [-0.4, -0.2) is 17.5 Å². The van der Waals surface area contributed by atoms with E-state index < -0.39 is 0 Å². The van der Waals surface area contributed by atoms with E-state index in [0.717, 1.165) is 37.0 Å². The van der Waals surface area contributed by atoms with Gasteiger partial charge in [0.05, 0.1) is 12.2 Å². The molecule has 0 heterocycles. The second-order valence-corrected chi connectivity index (χ2v) is 9.56. The van der Waals surface area contributed by atoms with E-state index in [9.17, 15) is 9.90 Å². The molecule has 0 amide bonds. The second kappa shape index (κ2) is 17.0. The molecule has 0 unspecified atom stereocenters. The van der Waals surface area contributed by atoms with Crippen LogP contribution in [0.3, 0.4) is 0 Å². The quantitative estimate of drug-likeness (QED) is 0.0851. The van der Waals surface area contributed by atoms with Crippen LogP contribution < -0.4 is 4.74 Å². The van der Waals surface area contributed by atoms with E-state index in [2.05, 4.69) is 18.2 Å². The number of aromatic hydroxyl groups is 1. The number of ketones is 1. The van der Waals surface area contributed by atoms with E-state index in [-0.39, 0.29) is 17.1 Å². The molecule has 0 aliphatic rings. The Morgan fingerprint density at radius 2 is 1.42 bits per heavy atom. The number of unbranched alkanes of at least 4 members (excludes halogenated alkanes) is 6. The van der Waals surface area contributed by atoms with Gasteiger partial charge in [-0.25, -0.2) is 0 Å². The van der Waals surface area contributed by atoms with Crippen LogP contribution in [0.2, 0.25) is 0 Å². The number of carbonyl (C=O) groups excluding carboxylic acids is 1. The van der Waals surface area contributed by atoms with Crippen LogP contribution in [0.15, 0.2) is 103 Å². The van der Waals surface area contributed by atoms with E-state index in [1.807, 2.05) is 61.5 Å². The maximum atomic E-state index is 12.7. The van der Waals surface area contributed by atoms with Gasteiger partial charge in [-0.1, -0.05) is 98.5 Å². The molecular formula is C34H40O4. The van der Waals surface area contributed by atoms with Crippen molar-refractivity contribution in [1.82, 2.24) is 0 Å². The lowest BCUT2D eigenvalue weighted by atomic mass is 10.1. The zero-order valence-electron chi connectivity index (χ0n) is 22.5. The fourth-order valence-electron chi connectivity index (χ4n) is 4.08. The molecule has 0 saturated carbocycles. The van der Waals surface area contributed by atoms with Crippen molar-refractivity contribution in [2.24, 2.45) is 0 Å². The summed E-state index contributed by atoms with van der Waals surface area (Å²) < 4.78 is 11.5. The second-order valence-electron chi connectivity index (χ2n) is 9.56. The molecule has 0 saturated heterocycles. The van der Waals surface area contributed by atoms with Gasteiger partial charge in [0.1, 0.15) is 18.1 Å². The van der Waals surface area contributed by atoms with Gasteiger partial charge in [0.25, 0.3) is 0 Å². The minimum Gasteiger partial charge on any atom is -0.507 e. The summed E-state index contributed by atoms with van der Waals surface area (Å²) in [6, 6.07) is 24.9. The van der Waals surface area contributed by atoms with Crippen LogP contribution in [-0.2, 0) is 18.0 Å². The third kappa shape index (κ3) is 11.2. The van der Waals surface area contributed by atoms with E-state index in [4.69, 9.17) is 9.47 Å². The lowest BCUT2D eigenvalue weighted by Gasteiger charge is -2.08. The summed E-state index contributed by atoms with van der Waals surface area (Å²) in [5.74, 6) is 0.275. The Morgan fingerprint density at radius 1 is 0.789 bits per heavy atom. The first-order valence-electron chi connectivity index (χ1n) is 13.6. The molecule has 0 spiro atoms. The topological polar surface area (TPSA) is 55.8 Å². The van der Waals surface area contributed by atoms with Gasteiger partial charge in [0, 0.05) is 6.61 Å². The highest BCUT2D eigenvalue weighted by Crippen LogP contribution is 2.25. The van der Waals surface area contributed by atoms with Gasteiger partial charge in [-0.15, -0.1) is 0 Å². The van der Waals surface area contributed by atoms with E-state index in [1.54, 1.807) is 18.2 Å². The number of benzene rings is 3. The predicted octanol–water partition coefficient (Wildman–Crippen LogP) is 8.60. The number of ether oxygens (including phenoxy) is 2. The van der Waals surface area contributed by atoms with Crippen LogP contribution >= 0.6 is 0 Å². The molecule has 3 aromatic rings. The molecule has 4 nitrogen and oxygen atoms in total. The van der Waals surface area contributed by atoms with Crippen molar-refractivity contribution in [3.8, 4) is 11.5 Å². The zero-order chi connectivity index (χ0) is 26.8. The van der Waals surface area contributed by atoms with Gasteiger partial charge < -0.3 is 14.6 Å². The van der Waals surface area contributed by atoms with Crippen molar-refractivity contribution in [3.63, 3.8) is 0 Å². The SMILES string of the molecule is CC(C=CCCCCCCCCOCc1ccccc1)=CC(=O)c1cc(OCc2ccccc2)ccc1O. The molecule has 4 heteroatoms. The lowest BCUT2D eigenvalue weighted by Crippen LogP contribution is -1.99. The summed E-state index contributed by atoms with van der Waals surface area (Å²) in [4.78, 5) is 12.7. The molecule has 0 radical (unpaired) electrons. The maximum absolute atomic E-state index is 12.7. The van der Waals surface area contributed by atoms with Gasteiger partial charge >= 0.3 is 0 Å². The van der Waals surface area contributed by atoms with Crippen molar-refractivity contribution in [3.05, 3.63) is 119 Å². The molecule has 1 N–H and O–H groups in total. The highest BCUT2D eigenvalue weighted by molar-refractivity contribution is 6.07. The number of rotatable bonds is 17. The summed E-state index contributed by atoms with van der Waals surface area (Å²) in [6.07, 6.45) is 13.8. The molecule has 38 heavy (non-hydrogen) atoms. The Hall–Kier alpha value is -3.63. The standard InChI is InChI=1S/C34H40O4/c1-28(16-10-6-4-2-3-5-7-15-23-37-26-29-17-11-8-12-18-29)24-34(36)32-25-31(21-22-33(32)35)38-27-30-19-13-9-14-20-30/h8-14,16-22,24-25,35H,2-7,15,23,26-27H2,1H3. The van der Waals surface area contributed by atoms with Crippen molar-refractivity contribution >= 4 is 5.78 Å². The number of carbonyl (C=O) groups is 1. The molecule has 3 rings (SSSR count). The van der Waals surface area contributed by atoms with E-state index in [1.165, 1.54) is 37.3 Å². The first-order valence-corrected chi connectivity index (χ1v) is 13.6. The Labute approximate surface area is 227 Å². The summed E-state index contributed by atoms with van der Waals surface area (Å²) in [7, 11) is 0. The molecule has 3 aromatic carbocycles. The smallest absolute Gasteiger partial charge is 0.189 e. The van der Waals surface area contributed by atoms with Gasteiger partial charge in [0.15, 0.2) is 5.78 Å². The normalized spacial score (nSPS) is 11.7. The van der Waals surface area contributed by atoms with Crippen LogP contribution in [0.25, 0.3) is 0 Å². The fourth-order valence-corrected chi connectivity index (χ4v) is 4.08. The van der Waals surface area contributed by atoms with Crippen molar-refractivity contribution in [2.45, 2.75) is 65.1 Å². The summed E-state index contributed by atoms with van der Waals surface area (Å²) in [6.45, 7) is 3.83. The number of hydrogen-bond acceptors (Lipinski definition) is 4. The average molecular weight is 513 g/mol. The third-order valence-electron chi connectivity index (χ3n) is 6.24. The third-order valence-corrected chi connectivity index (χ3v) is 6.24. The number of phenolic OH excluding ortho intramolecular Hbond substituents is 1. The number of hydrogen-bond donors (Lipinski definition) is 1. The van der Waals surface area contributed by atoms with Gasteiger partial charge in [0.2, 0.25) is 0 Å². The molecule has 0 fully saturated rings. The highest BCUT2D eigenvalue weighted by Gasteiger charge is 2.11. The van der Waals surface area contributed by atoms with Crippen LogP contribution in [0.4, 0.5) is 0 Å². The van der Waals surface area contributed by atoms with Gasteiger partial charge in [-0.3, -0.25) is 4.79 Å². The lowest BCUT2D eigenvalue weighted by molar-refractivity contribution is 0.104. The van der Waals surface area contributed by atoms with E-state index >= 15 is 0 Å². The summed E-state index contributed by atoms with van der Waals surface area (Å²) in [5.41, 5.74) is 3.37. The number of allylic oxidation sites excluding steroid dienone is 4. The average Bonchev–Trinajstić information content (AvgIpc) is 2.94. The molecular weight excluding hydrogens is 472 g/mol. The van der Waals surface area contributed by atoms with Crippen LogP contribution in [0.5, 0.6) is 11.5 Å². The minimum absolute atomic E-state index is 0.0437. The minimum atomic E-state index is -0.234. The van der Waals surface area contributed by atoms with Crippen molar-refractivity contribution in [2.75, 3.05) is 6.61 Å². The predicted molar refractivity (Wildman–Crippen MR) is 155 cm³/mol.